The average molecular weight is 225 g/mol. The van der Waals surface area contributed by atoms with E-state index in [0.29, 0.717) is 12.0 Å². The van der Waals surface area contributed by atoms with E-state index in [2.05, 4.69) is 10.3 Å². The summed E-state index contributed by atoms with van der Waals surface area (Å²) in [7, 11) is 0. The van der Waals surface area contributed by atoms with Gasteiger partial charge in [-0.1, -0.05) is 6.42 Å². The van der Waals surface area contributed by atoms with E-state index in [9.17, 15) is 0 Å². The number of nitrogens with two attached hydrogens (primary N) is 1. The summed E-state index contributed by atoms with van der Waals surface area (Å²) in [6, 6.07) is 0.623. The molecule has 2 rings (SSSR count). The summed E-state index contributed by atoms with van der Waals surface area (Å²) in [6.07, 6.45) is 5.86. The fraction of sp³-hybridized carbons (Fsp3) is 0.727. The summed E-state index contributed by atoms with van der Waals surface area (Å²) >= 11 is 1.78. The lowest BCUT2D eigenvalue weighted by molar-refractivity contribution is 0.407. The first kappa shape index (κ1) is 11.0. The lowest BCUT2D eigenvalue weighted by Crippen LogP contribution is -2.35. The van der Waals surface area contributed by atoms with Crippen molar-refractivity contribution < 1.29 is 0 Å². The third-order valence-electron chi connectivity index (χ3n) is 3.17. The SMILES string of the molecule is Cc1ncc(CNC2CCCC2CN)s1. The highest BCUT2D eigenvalue weighted by Gasteiger charge is 2.25. The molecule has 1 aromatic rings. The Bertz CT molecular complexity index is 311. The van der Waals surface area contributed by atoms with Crippen LogP contribution in [0.4, 0.5) is 0 Å². The molecular formula is C11H19N3S. The van der Waals surface area contributed by atoms with Gasteiger partial charge in [0.2, 0.25) is 0 Å². The second kappa shape index (κ2) is 5.05. The molecule has 2 unspecified atom stereocenters. The molecule has 1 fully saturated rings. The van der Waals surface area contributed by atoms with Crippen molar-refractivity contribution in [1.82, 2.24) is 10.3 Å². The maximum atomic E-state index is 5.75. The van der Waals surface area contributed by atoms with Crippen LogP contribution in [0.15, 0.2) is 6.20 Å². The molecule has 0 radical (unpaired) electrons. The molecule has 2 atom stereocenters. The van der Waals surface area contributed by atoms with Crippen LogP contribution in [-0.4, -0.2) is 17.6 Å². The van der Waals surface area contributed by atoms with Gasteiger partial charge in [-0.3, -0.25) is 0 Å². The number of nitrogens with zero attached hydrogens (tertiary/aromatic N) is 1. The van der Waals surface area contributed by atoms with Gasteiger partial charge in [-0.05, 0) is 32.2 Å². The van der Waals surface area contributed by atoms with Gasteiger partial charge in [-0.25, -0.2) is 4.98 Å². The van der Waals surface area contributed by atoms with Crippen LogP contribution in [0.5, 0.6) is 0 Å². The Morgan fingerprint density at radius 3 is 3.13 bits per heavy atom. The first-order valence-electron chi connectivity index (χ1n) is 5.64. The molecule has 1 heterocycles. The second-order valence-corrected chi connectivity index (χ2v) is 5.58. The molecule has 15 heavy (non-hydrogen) atoms. The van der Waals surface area contributed by atoms with Crippen LogP contribution in [0.25, 0.3) is 0 Å². The minimum Gasteiger partial charge on any atom is -0.330 e. The Morgan fingerprint density at radius 1 is 1.60 bits per heavy atom. The van der Waals surface area contributed by atoms with Gasteiger partial charge in [0.05, 0.1) is 5.01 Å². The van der Waals surface area contributed by atoms with Crippen LogP contribution in [0.3, 0.4) is 0 Å². The lowest BCUT2D eigenvalue weighted by Gasteiger charge is -2.18. The van der Waals surface area contributed by atoms with Gasteiger partial charge in [0.15, 0.2) is 0 Å². The minimum absolute atomic E-state index is 0.623. The van der Waals surface area contributed by atoms with Gasteiger partial charge in [-0.2, -0.15) is 0 Å². The molecule has 0 saturated heterocycles. The van der Waals surface area contributed by atoms with E-state index in [1.165, 1.54) is 24.1 Å². The van der Waals surface area contributed by atoms with Crippen LogP contribution in [0, 0.1) is 12.8 Å². The smallest absolute Gasteiger partial charge is 0.0897 e. The predicted octanol–water partition coefficient (Wildman–Crippen LogP) is 1.67. The van der Waals surface area contributed by atoms with Crippen molar-refractivity contribution >= 4 is 11.3 Å². The van der Waals surface area contributed by atoms with Crippen LogP contribution >= 0.6 is 11.3 Å². The summed E-state index contributed by atoms with van der Waals surface area (Å²) in [5, 5.41) is 4.75. The number of hydrogen-bond donors (Lipinski definition) is 2. The van der Waals surface area contributed by atoms with E-state index in [-0.39, 0.29) is 0 Å². The molecule has 0 spiro atoms. The van der Waals surface area contributed by atoms with Crippen molar-refractivity contribution in [2.45, 2.75) is 38.8 Å². The number of aryl methyl sites for hydroxylation is 1. The maximum Gasteiger partial charge on any atom is 0.0897 e. The van der Waals surface area contributed by atoms with Gasteiger partial charge in [0, 0.05) is 23.7 Å². The van der Waals surface area contributed by atoms with E-state index >= 15 is 0 Å². The van der Waals surface area contributed by atoms with Gasteiger partial charge in [0.1, 0.15) is 0 Å². The van der Waals surface area contributed by atoms with Gasteiger partial charge in [-0.15, -0.1) is 11.3 Å². The van der Waals surface area contributed by atoms with Crippen molar-refractivity contribution in [3.8, 4) is 0 Å². The molecule has 0 amide bonds. The molecule has 1 aliphatic rings. The van der Waals surface area contributed by atoms with Gasteiger partial charge >= 0.3 is 0 Å². The highest BCUT2D eigenvalue weighted by Crippen LogP contribution is 2.25. The fourth-order valence-electron chi connectivity index (χ4n) is 2.31. The van der Waals surface area contributed by atoms with Gasteiger partial charge in [0.25, 0.3) is 0 Å². The molecule has 0 aliphatic heterocycles. The first-order chi connectivity index (χ1) is 7.29. The molecule has 84 valence electrons. The van der Waals surface area contributed by atoms with E-state index < -0.39 is 0 Å². The quantitative estimate of drug-likeness (QED) is 0.819. The molecule has 3 nitrogen and oxygen atoms in total. The van der Waals surface area contributed by atoms with E-state index in [4.69, 9.17) is 5.73 Å². The Labute approximate surface area is 95.1 Å². The molecule has 0 bridgehead atoms. The molecule has 1 aliphatic carbocycles. The zero-order chi connectivity index (χ0) is 10.7. The van der Waals surface area contributed by atoms with Crippen molar-refractivity contribution in [2.75, 3.05) is 6.54 Å². The average Bonchev–Trinajstić information content (AvgIpc) is 2.83. The molecule has 3 N–H and O–H groups in total. The Hall–Kier alpha value is -0.450. The standard InChI is InChI=1S/C11H19N3S/c1-8-13-6-10(15-8)7-14-11-4-2-3-9(11)5-12/h6,9,11,14H,2-5,7,12H2,1H3. The van der Waals surface area contributed by atoms with E-state index in [1.54, 1.807) is 11.3 Å². The van der Waals surface area contributed by atoms with Crippen molar-refractivity contribution in [1.29, 1.82) is 0 Å². The number of hydrogen-bond acceptors (Lipinski definition) is 4. The molecular weight excluding hydrogens is 206 g/mol. The number of rotatable bonds is 4. The third kappa shape index (κ3) is 2.77. The van der Waals surface area contributed by atoms with E-state index in [1.807, 2.05) is 13.1 Å². The minimum atomic E-state index is 0.623. The summed E-state index contributed by atoms with van der Waals surface area (Å²) < 4.78 is 0. The largest absolute Gasteiger partial charge is 0.330 e. The number of aromatic nitrogens is 1. The van der Waals surface area contributed by atoms with Crippen molar-refractivity contribution in [3.63, 3.8) is 0 Å². The number of thiazole rings is 1. The fourth-order valence-corrected chi connectivity index (χ4v) is 3.05. The maximum absolute atomic E-state index is 5.75. The first-order valence-corrected chi connectivity index (χ1v) is 6.46. The Kier molecular flexibility index (Phi) is 3.72. The summed E-state index contributed by atoms with van der Waals surface area (Å²) in [5.41, 5.74) is 5.75. The number of nitrogens with one attached hydrogen (secondary N) is 1. The van der Waals surface area contributed by atoms with Crippen LogP contribution in [0.2, 0.25) is 0 Å². The summed E-state index contributed by atoms with van der Waals surface area (Å²) in [5.74, 6) is 0.680. The monoisotopic (exact) mass is 225 g/mol. The molecule has 1 aromatic heterocycles. The second-order valence-electron chi connectivity index (χ2n) is 4.26. The Morgan fingerprint density at radius 2 is 2.47 bits per heavy atom. The zero-order valence-corrected chi connectivity index (χ0v) is 10.0. The summed E-state index contributed by atoms with van der Waals surface area (Å²) in [6.45, 7) is 3.82. The molecule has 1 saturated carbocycles. The van der Waals surface area contributed by atoms with Crippen molar-refractivity contribution in [3.05, 3.63) is 16.1 Å². The van der Waals surface area contributed by atoms with Crippen LogP contribution in [-0.2, 0) is 6.54 Å². The Balaban J connectivity index is 1.82. The van der Waals surface area contributed by atoms with Crippen molar-refractivity contribution in [2.24, 2.45) is 11.7 Å². The summed E-state index contributed by atoms with van der Waals surface area (Å²) in [4.78, 5) is 5.58. The molecule has 0 aromatic carbocycles. The predicted molar refractivity (Wildman–Crippen MR) is 63.9 cm³/mol. The van der Waals surface area contributed by atoms with Gasteiger partial charge < -0.3 is 11.1 Å². The lowest BCUT2D eigenvalue weighted by atomic mass is 10.0. The zero-order valence-electron chi connectivity index (χ0n) is 9.20. The highest BCUT2D eigenvalue weighted by molar-refractivity contribution is 7.11. The topological polar surface area (TPSA) is 50.9 Å². The van der Waals surface area contributed by atoms with E-state index in [0.717, 1.165) is 18.1 Å². The highest BCUT2D eigenvalue weighted by atomic mass is 32.1. The van der Waals surface area contributed by atoms with Crippen LogP contribution < -0.4 is 11.1 Å². The normalized spacial score (nSPS) is 26.0. The molecule has 4 heteroatoms. The van der Waals surface area contributed by atoms with Crippen LogP contribution in [0.1, 0.15) is 29.1 Å². The third-order valence-corrected chi connectivity index (χ3v) is 4.08.